The highest BCUT2D eigenvalue weighted by Crippen LogP contribution is 2.29. The smallest absolute Gasteiger partial charge is 0.348 e. The summed E-state index contributed by atoms with van der Waals surface area (Å²) in [6.45, 7) is 0. The third-order valence-electron chi connectivity index (χ3n) is 3.35. The molecule has 0 radical (unpaired) electrons. The molecule has 1 fully saturated rings. The molecule has 0 spiro atoms. The molecular formula is C17H11I2NO4. The number of nitrogen functional groups attached to an aromatic ring is 1. The standard InChI is InChI=1S/C17H11I2NO4/c18-12-7-9(8-13(19)14(12)20)6-11-15(21)23-17(24-16(11)22)10-4-2-1-3-5-10/h1-8,17H,20H2. The van der Waals surface area contributed by atoms with Crippen molar-refractivity contribution < 1.29 is 19.1 Å². The third-order valence-corrected chi connectivity index (χ3v) is 5.14. The molecule has 0 aromatic heterocycles. The van der Waals surface area contributed by atoms with E-state index in [1.165, 1.54) is 6.08 Å². The molecule has 1 aliphatic heterocycles. The van der Waals surface area contributed by atoms with Crippen molar-refractivity contribution in [2.24, 2.45) is 0 Å². The molecule has 5 nitrogen and oxygen atoms in total. The van der Waals surface area contributed by atoms with Crippen LogP contribution < -0.4 is 5.73 Å². The van der Waals surface area contributed by atoms with Gasteiger partial charge in [0.2, 0.25) is 0 Å². The van der Waals surface area contributed by atoms with E-state index in [4.69, 9.17) is 15.2 Å². The lowest BCUT2D eigenvalue weighted by Gasteiger charge is -2.24. The Morgan fingerprint density at radius 3 is 2.04 bits per heavy atom. The summed E-state index contributed by atoms with van der Waals surface area (Å²) in [7, 11) is 0. The maximum Gasteiger partial charge on any atom is 0.348 e. The predicted molar refractivity (Wildman–Crippen MR) is 106 cm³/mol. The van der Waals surface area contributed by atoms with Crippen LogP contribution in [0.5, 0.6) is 0 Å². The zero-order valence-electron chi connectivity index (χ0n) is 12.2. The lowest BCUT2D eigenvalue weighted by molar-refractivity contribution is -0.195. The van der Waals surface area contributed by atoms with E-state index in [1.54, 1.807) is 36.4 Å². The van der Waals surface area contributed by atoms with E-state index < -0.39 is 18.2 Å². The molecule has 3 rings (SSSR count). The number of ether oxygens (including phenoxy) is 2. The number of halogens is 2. The van der Waals surface area contributed by atoms with Crippen molar-refractivity contribution in [1.82, 2.24) is 0 Å². The molecular weight excluding hydrogens is 536 g/mol. The van der Waals surface area contributed by atoms with Crippen LogP contribution in [-0.2, 0) is 19.1 Å². The molecule has 0 atom stereocenters. The minimum absolute atomic E-state index is 0.140. The monoisotopic (exact) mass is 547 g/mol. The van der Waals surface area contributed by atoms with Gasteiger partial charge >= 0.3 is 11.9 Å². The van der Waals surface area contributed by atoms with Crippen molar-refractivity contribution in [2.45, 2.75) is 6.29 Å². The molecule has 0 aliphatic carbocycles. The van der Waals surface area contributed by atoms with Crippen LogP contribution >= 0.6 is 45.2 Å². The van der Waals surface area contributed by atoms with E-state index >= 15 is 0 Å². The quantitative estimate of drug-likeness (QED) is 0.204. The van der Waals surface area contributed by atoms with Crippen LogP contribution in [0.4, 0.5) is 5.69 Å². The maximum absolute atomic E-state index is 12.2. The molecule has 0 saturated carbocycles. The minimum Gasteiger partial charge on any atom is -0.417 e. The van der Waals surface area contributed by atoms with Gasteiger partial charge in [-0.2, -0.15) is 0 Å². The SMILES string of the molecule is Nc1c(I)cc(C=C2C(=O)OC(c3ccccc3)OC2=O)cc1I. The number of esters is 2. The highest BCUT2D eigenvalue weighted by atomic mass is 127. The number of benzene rings is 2. The number of hydrogen-bond acceptors (Lipinski definition) is 5. The summed E-state index contributed by atoms with van der Waals surface area (Å²) in [5.41, 5.74) is 7.71. The molecule has 0 unspecified atom stereocenters. The van der Waals surface area contributed by atoms with Gasteiger partial charge < -0.3 is 15.2 Å². The van der Waals surface area contributed by atoms with Crippen molar-refractivity contribution in [3.8, 4) is 0 Å². The van der Waals surface area contributed by atoms with E-state index in [9.17, 15) is 9.59 Å². The van der Waals surface area contributed by atoms with Gasteiger partial charge in [-0.15, -0.1) is 0 Å². The fourth-order valence-electron chi connectivity index (χ4n) is 2.15. The molecule has 2 N–H and O–H groups in total. The summed E-state index contributed by atoms with van der Waals surface area (Å²) in [5, 5.41) is 0. The van der Waals surface area contributed by atoms with Crippen molar-refractivity contribution in [2.75, 3.05) is 5.73 Å². The molecule has 0 bridgehead atoms. The highest BCUT2D eigenvalue weighted by molar-refractivity contribution is 14.1. The van der Waals surface area contributed by atoms with E-state index in [2.05, 4.69) is 45.2 Å². The van der Waals surface area contributed by atoms with E-state index in [0.29, 0.717) is 16.8 Å². The van der Waals surface area contributed by atoms with Crippen molar-refractivity contribution in [3.05, 3.63) is 66.3 Å². The zero-order chi connectivity index (χ0) is 17.3. The Morgan fingerprint density at radius 1 is 0.958 bits per heavy atom. The summed E-state index contributed by atoms with van der Waals surface area (Å²) < 4.78 is 12.1. The van der Waals surface area contributed by atoms with Gasteiger partial charge in [0.05, 0.1) is 5.69 Å². The predicted octanol–water partition coefficient (Wildman–Crippen LogP) is 3.66. The number of carbonyl (C=O) groups excluding carboxylic acids is 2. The molecule has 2 aromatic carbocycles. The van der Waals surface area contributed by atoms with Crippen molar-refractivity contribution >= 4 is 68.9 Å². The van der Waals surface area contributed by atoms with Crippen LogP contribution in [0.1, 0.15) is 17.4 Å². The Hall–Kier alpha value is -1.62. The average Bonchev–Trinajstić information content (AvgIpc) is 2.56. The van der Waals surface area contributed by atoms with Crippen LogP contribution in [-0.4, -0.2) is 11.9 Å². The second-order valence-electron chi connectivity index (χ2n) is 5.01. The molecule has 2 aromatic rings. The van der Waals surface area contributed by atoms with Gasteiger partial charge in [0.15, 0.2) is 0 Å². The fourth-order valence-corrected chi connectivity index (χ4v) is 3.96. The second-order valence-corrected chi connectivity index (χ2v) is 7.33. The van der Waals surface area contributed by atoms with Crippen molar-refractivity contribution in [3.63, 3.8) is 0 Å². The van der Waals surface area contributed by atoms with Gasteiger partial charge in [0, 0.05) is 12.7 Å². The van der Waals surface area contributed by atoms with Gasteiger partial charge in [0.1, 0.15) is 5.57 Å². The van der Waals surface area contributed by atoms with Gasteiger partial charge in [-0.25, -0.2) is 9.59 Å². The number of cyclic esters (lactones) is 2. The number of anilines is 1. The van der Waals surface area contributed by atoms with Gasteiger partial charge in [-0.1, -0.05) is 30.3 Å². The van der Waals surface area contributed by atoms with Crippen LogP contribution in [0.25, 0.3) is 6.08 Å². The van der Waals surface area contributed by atoms with Gasteiger partial charge in [-0.05, 0) is 69.0 Å². The largest absolute Gasteiger partial charge is 0.417 e. The molecule has 1 aliphatic rings. The summed E-state index contributed by atoms with van der Waals surface area (Å²) in [5.74, 6) is -1.41. The maximum atomic E-state index is 12.2. The van der Waals surface area contributed by atoms with Crippen LogP contribution in [0.3, 0.4) is 0 Å². The lowest BCUT2D eigenvalue weighted by Crippen LogP contribution is -2.29. The second kappa shape index (κ2) is 7.09. The first-order chi connectivity index (χ1) is 11.5. The summed E-state index contributed by atoms with van der Waals surface area (Å²) in [6, 6.07) is 12.4. The van der Waals surface area contributed by atoms with Crippen molar-refractivity contribution in [1.29, 1.82) is 0 Å². The van der Waals surface area contributed by atoms with E-state index in [-0.39, 0.29) is 5.57 Å². The normalized spacial score (nSPS) is 17.2. The number of nitrogens with two attached hydrogens (primary N) is 1. The van der Waals surface area contributed by atoms with Crippen LogP contribution in [0.2, 0.25) is 0 Å². The van der Waals surface area contributed by atoms with E-state index in [0.717, 1.165) is 7.14 Å². The number of hydrogen-bond donors (Lipinski definition) is 1. The van der Waals surface area contributed by atoms with Crippen LogP contribution in [0.15, 0.2) is 48.0 Å². The third kappa shape index (κ3) is 3.56. The molecule has 122 valence electrons. The first-order valence-corrected chi connectivity index (χ1v) is 9.04. The van der Waals surface area contributed by atoms with Gasteiger partial charge in [-0.3, -0.25) is 0 Å². The number of carbonyl (C=O) groups is 2. The molecule has 24 heavy (non-hydrogen) atoms. The Kier molecular flexibility index (Phi) is 5.09. The van der Waals surface area contributed by atoms with Gasteiger partial charge in [0.25, 0.3) is 6.29 Å². The molecule has 7 heteroatoms. The number of rotatable bonds is 2. The summed E-state index contributed by atoms with van der Waals surface area (Å²) in [4.78, 5) is 24.4. The Balaban J connectivity index is 1.88. The summed E-state index contributed by atoms with van der Waals surface area (Å²) in [6.07, 6.45) is 0.436. The first-order valence-electron chi connectivity index (χ1n) is 6.89. The zero-order valence-corrected chi connectivity index (χ0v) is 16.5. The fraction of sp³-hybridized carbons (Fsp3) is 0.0588. The lowest BCUT2D eigenvalue weighted by atomic mass is 10.1. The Labute approximate surface area is 165 Å². The summed E-state index contributed by atoms with van der Waals surface area (Å²) >= 11 is 4.20. The average molecular weight is 547 g/mol. The first kappa shape index (κ1) is 17.2. The Bertz CT molecular complexity index is 806. The Morgan fingerprint density at radius 2 is 1.50 bits per heavy atom. The van der Waals surface area contributed by atoms with E-state index in [1.807, 2.05) is 6.07 Å². The molecule has 1 heterocycles. The minimum atomic E-state index is -1.02. The highest BCUT2D eigenvalue weighted by Gasteiger charge is 2.34. The van der Waals surface area contributed by atoms with Crippen LogP contribution in [0, 0.1) is 7.14 Å². The topological polar surface area (TPSA) is 78.6 Å². The molecule has 0 amide bonds. The molecule has 1 saturated heterocycles.